The van der Waals surface area contributed by atoms with E-state index in [9.17, 15) is 17.6 Å². The molecule has 0 atom stereocenters. The smallest absolute Gasteiger partial charge is 0.204 e. The Balaban J connectivity index is 1.76. The molecule has 0 radical (unpaired) electrons. The van der Waals surface area contributed by atoms with Crippen LogP contribution in [0.5, 0.6) is 5.75 Å². The number of fused-ring (bicyclic) bond motifs is 1. The van der Waals surface area contributed by atoms with E-state index in [0.29, 0.717) is 16.8 Å². The van der Waals surface area contributed by atoms with Crippen molar-refractivity contribution in [1.82, 2.24) is 0 Å². The monoisotopic (exact) mass is 454 g/mol. The Kier molecular flexibility index (Phi) is 6.18. The van der Waals surface area contributed by atoms with Crippen LogP contribution in [0.1, 0.15) is 12.0 Å². The first-order chi connectivity index (χ1) is 15.8. The molecular formula is C27H19F5O. The summed E-state index contributed by atoms with van der Waals surface area (Å²) in [6.45, 7) is 3.70. The summed E-state index contributed by atoms with van der Waals surface area (Å²) in [7, 11) is 0.996. The quantitative estimate of drug-likeness (QED) is 0.163. The molecule has 0 aliphatic heterocycles. The lowest BCUT2D eigenvalue weighted by molar-refractivity contribution is 0.347. The Bertz CT molecular complexity index is 1380. The molecule has 0 N–H and O–H groups in total. The summed E-state index contributed by atoms with van der Waals surface area (Å²) in [6.07, 6.45) is 3.41. The second-order valence-corrected chi connectivity index (χ2v) is 7.57. The van der Waals surface area contributed by atoms with Gasteiger partial charge in [0.15, 0.2) is 17.4 Å². The van der Waals surface area contributed by atoms with Crippen molar-refractivity contribution >= 4 is 10.8 Å². The number of hydrogen-bond donors (Lipinski definition) is 0. The number of rotatable bonds is 6. The van der Waals surface area contributed by atoms with Gasteiger partial charge in [-0.25, -0.2) is 17.6 Å². The molecule has 4 aromatic rings. The second kappa shape index (κ2) is 9.06. The first-order valence-corrected chi connectivity index (χ1v) is 10.2. The van der Waals surface area contributed by atoms with Gasteiger partial charge in [-0.15, -0.1) is 6.58 Å². The van der Waals surface area contributed by atoms with E-state index in [4.69, 9.17) is 0 Å². The van der Waals surface area contributed by atoms with E-state index in [1.54, 1.807) is 12.1 Å². The van der Waals surface area contributed by atoms with Crippen LogP contribution in [0.2, 0.25) is 0 Å². The van der Waals surface area contributed by atoms with Crippen molar-refractivity contribution in [2.24, 2.45) is 0 Å². The molecule has 0 saturated heterocycles. The van der Waals surface area contributed by atoms with E-state index in [-0.39, 0.29) is 16.7 Å². The van der Waals surface area contributed by atoms with Crippen molar-refractivity contribution in [3.63, 3.8) is 0 Å². The number of methoxy groups -OCH3 is 1. The van der Waals surface area contributed by atoms with E-state index in [2.05, 4.69) is 11.3 Å². The number of allylic oxidation sites excluding steroid dienone is 1. The molecule has 0 unspecified atom stereocenters. The zero-order valence-corrected chi connectivity index (χ0v) is 17.7. The summed E-state index contributed by atoms with van der Waals surface area (Å²) in [4.78, 5) is 0. The van der Waals surface area contributed by atoms with Crippen molar-refractivity contribution in [3.05, 3.63) is 102 Å². The fourth-order valence-electron chi connectivity index (χ4n) is 3.85. The van der Waals surface area contributed by atoms with E-state index >= 15 is 4.39 Å². The summed E-state index contributed by atoms with van der Waals surface area (Å²) in [5.74, 6) is -6.52. The minimum Gasteiger partial charge on any atom is -0.491 e. The van der Waals surface area contributed by atoms with E-state index < -0.39 is 40.4 Å². The van der Waals surface area contributed by atoms with Gasteiger partial charge in [0, 0.05) is 22.1 Å². The molecule has 0 fully saturated rings. The van der Waals surface area contributed by atoms with Gasteiger partial charge < -0.3 is 4.74 Å². The van der Waals surface area contributed by atoms with Crippen LogP contribution in [0.25, 0.3) is 33.0 Å². The first kappa shape index (κ1) is 22.5. The fourth-order valence-corrected chi connectivity index (χ4v) is 3.85. The lowest BCUT2D eigenvalue weighted by Crippen LogP contribution is -2.00. The van der Waals surface area contributed by atoms with Crippen LogP contribution in [-0.2, 0) is 6.42 Å². The summed E-state index contributed by atoms with van der Waals surface area (Å²) in [5, 5.41) is 1.09. The van der Waals surface area contributed by atoms with Crippen LogP contribution in [0.15, 0.2) is 67.3 Å². The third-order valence-corrected chi connectivity index (χ3v) is 5.55. The highest BCUT2D eigenvalue weighted by molar-refractivity contribution is 5.89. The number of benzene rings is 4. The first-order valence-electron chi connectivity index (χ1n) is 10.2. The molecule has 6 heteroatoms. The fraction of sp³-hybridized carbons (Fsp3) is 0.111. The molecule has 0 heterocycles. The van der Waals surface area contributed by atoms with Crippen LogP contribution >= 0.6 is 0 Å². The third-order valence-electron chi connectivity index (χ3n) is 5.55. The number of hydrogen-bond acceptors (Lipinski definition) is 1. The molecule has 4 rings (SSSR count). The number of halogens is 5. The molecular weight excluding hydrogens is 435 g/mol. The maximum absolute atomic E-state index is 15.2. The predicted molar refractivity (Wildman–Crippen MR) is 120 cm³/mol. The van der Waals surface area contributed by atoms with Gasteiger partial charge in [-0.1, -0.05) is 48.5 Å². The molecule has 1 nitrogen and oxygen atoms in total. The summed E-state index contributed by atoms with van der Waals surface area (Å²) in [5.41, 5.74) is 0.456. The van der Waals surface area contributed by atoms with Gasteiger partial charge in [0.1, 0.15) is 11.6 Å². The lowest BCUT2D eigenvalue weighted by Gasteiger charge is -2.12. The van der Waals surface area contributed by atoms with Crippen LogP contribution in [-0.4, -0.2) is 7.11 Å². The molecule has 168 valence electrons. The minimum absolute atomic E-state index is 0.152. The van der Waals surface area contributed by atoms with E-state index in [1.807, 2.05) is 18.2 Å². The second-order valence-electron chi connectivity index (χ2n) is 7.57. The number of ether oxygens (including phenoxy) is 1. The Morgan fingerprint density at radius 2 is 1.52 bits per heavy atom. The normalized spacial score (nSPS) is 11.1. The molecule has 0 aliphatic rings. The van der Waals surface area contributed by atoms with Crippen LogP contribution in [0.4, 0.5) is 22.0 Å². The van der Waals surface area contributed by atoms with Crippen molar-refractivity contribution < 1.29 is 26.7 Å². The minimum atomic E-state index is -1.55. The molecule has 0 saturated carbocycles. The highest BCUT2D eigenvalue weighted by Crippen LogP contribution is 2.36. The largest absolute Gasteiger partial charge is 0.491 e. The summed E-state index contributed by atoms with van der Waals surface area (Å²) >= 11 is 0. The van der Waals surface area contributed by atoms with Crippen molar-refractivity contribution in [1.29, 1.82) is 0 Å². The topological polar surface area (TPSA) is 9.23 Å². The zero-order valence-electron chi connectivity index (χ0n) is 17.7. The predicted octanol–water partition coefficient (Wildman–Crippen LogP) is 8.00. The molecule has 0 aromatic heterocycles. The van der Waals surface area contributed by atoms with Gasteiger partial charge in [-0.3, -0.25) is 0 Å². The van der Waals surface area contributed by atoms with Gasteiger partial charge in [0.05, 0.1) is 7.11 Å². The third kappa shape index (κ3) is 4.09. The molecule has 0 spiro atoms. The van der Waals surface area contributed by atoms with E-state index in [1.165, 1.54) is 12.1 Å². The molecule has 0 amide bonds. The lowest BCUT2D eigenvalue weighted by atomic mass is 9.95. The summed E-state index contributed by atoms with van der Waals surface area (Å²) in [6, 6.07) is 12.9. The van der Waals surface area contributed by atoms with Crippen molar-refractivity contribution in [2.75, 3.05) is 7.11 Å². The van der Waals surface area contributed by atoms with Crippen molar-refractivity contribution in [2.45, 2.75) is 12.8 Å². The van der Waals surface area contributed by atoms with Gasteiger partial charge in [-0.2, -0.15) is 4.39 Å². The maximum atomic E-state index is 15.2. The Morgan fingerprint density at radius 1 is 0.758 bits per heavy atom. The van der Waals surface area contributed by atoms with Gasteiger partial charge in [0.2, 0.25) is 5.82 Å². The van der Waals surface area contributed by atoms with Crippen LogP contribution in [0.3, 0.4) is 0 Å². The highest BCUT2D eigenvalue weighted by atomic mass is 19.2. The Morgan fingerprint density at radius 3 is 2.21 bits per heavy atom. The van der Waals surface area contributed by atoms with Gasteiger partial charge >= 0.3 is 0 Å². The zero-order chi connectivity index (χ0) is 23.7. The number of aryl methyl sites for hydroxylation is 1. The maximum Gasteiger partial charge on any atom is 0.204 e. The molecule has 33 heavy (non-hydrogen) atoms. The van der Waals surface area contributed by atoms with Crippen molar-refractivity contribution in [3.8, 4) is 28.0 Å². The standard InChI is InChI=1S/C27H19F5O/c1-3-4-5-15-6-9-18-16(12-15)7-10-19(24(18)30)17-8-11-20(22(28)13-17)21-14-23(29)27(33-2)26(32)25(21)31/h3,6-14H,1,4-5H2,2H3. The molecule has 0 bridgehead atoms. The molecule has 0 aliphatic carbocycles. The average molecular weight is 454 g/mol. The van der Waals surface area contributed by atoms with E-state index in [0.717, 1.165) is 37.6 Å². The van der Waals surface area contributed by atoms with Crippen LogP contribution in [0, 0.1) is 29.1 Å². The average Bonchev–Trinajstić information content (AvgIpc) is 2.81. The molecule has 4 aromatic carbocycles. The SMILES string of the molecule is C=CCCc1ccc2c(F)c(-c3ccc(-c4cc(F)c(OC)c(F)c4F)c(F)c3)ccc2c1. The highest BCUT2D eigenvalue weighted by Gasteiger charge is 2.22. The van der Waals surface area contributed by atoms with Gasteiger partial charge in [-0.05, 0) is 41.5 Å². The Hall–Kier alpha value is -3.67. The Labute approximate surface area is 187 Å². The van der Waals surface area contributed by atoms with Crippen LogP contribution < -0.4 is 4.74 Å². The van der Waals surface area contributed by atoms with Gasteiger partial charge in [0.25, 0.3) is 0 Å². The summed E-state index contributed by atoms with van der Waals surface area (Å²) < 4.78 is 77.1.